The van der Waals surface area contributed by atoms with Gasteiger partial charge in [-0.3, -0.25) is 9.59 Å². The fourth-order valence-corrected chi connectivity index (χ4v) is 3.69. The minimum Gasteiger partial charge on any atom is -0.340 e. The van der Waals surface area contributed by atoms with E-state index < -0.39 is 5.54 Å². The van der Waals surface area contributed by atoms with Crippen LogP contribution in [0.2, 0.25) is 0 Å². The normalized spacial score (nSPS) is 34.0. The molecule has 1 heterocycles. The third-order valence-electron chi connectivity index (χ3n) is 5.58. The molecule has 20 heavy (non-hydrogen) atoms. The van der Waals surface area contributed by atoms with Crippen LogP contribution in [0, 0.1) is 11.8 Å². The minimum absolute atomic E-state index is 0.000394. The monoisotopic (exact) mass is 280 g/mol. The quantitative estimate of drug-likeness (QED) is 0.862. The van der Waals surface area contributed by atoms with Gasteiger partial charge in [-0.15, -0.1) is 0 Å². The van der Waals surface area contributed by atoms with E-state index in [4.69, 9.17) is 0 Å². The fourth-order valence-electron chi connectivity index (χ4n) is 3.69. The first-order chi connectivity index (χ1) is 9.43. The maximum Gasteiger partial charge on any atom is 0.249 e. The fraction of sp³-hybridized carbons (Fsp3) is 0.875. The first-order valence-corrected chi connectivity index (χ1v) is 8.05. The van der Waals surface area contributed by atoms with Crippen molar-refractivity contribution in [2.45, 2.75) is 71.4 Å². The molecule has 1 saturated carbocycles. The first-order valence-electron chi connectivity index (χ1n) is 8.05. The number of nitrogens with zero attached hydrogens (tertiary/aromatic N) is 1. The highest BCUT2D eigenvalue weighted by molar-refractivity contribution is 5.98. The van der Waals surface area contributed by atoms with Crippen LogP contribution in [0.4, 0.5) is 0 Å². The Kier molecular flexibility index (Phi) is 4.40. The predicted molar refractivity (Wildman–Crippen MR) is 79.1 cm³/mol. The Labute approximate surface area is 122 Å². The number of carbonyl (C=O) groups excluding carboxylic acids is 2. The van der Waals surface area contributed by atoms with Gasteiger partial charge < -0.3 is 10.2 Å². The largest absolute Gasteiger partial charge is 0.340 e. The lowest BCUT2D eigenvalue weighted by Crippen LogP contribution is -2.68. The van der Waals surface area contributed by atoms with Crippen LogP contribution in [0.15, 0.2) is 0 Å². The third-order valence-corrected chi connectivity index (χ3v) is 5.58. The predicted octanol–water partition coefficient (Wildman–Crippen LogP) is 2.33. The second-order valence-electron chi connectivity index (χ2n) is 6.69. The van der Waals surface area contributed by atoms with Gasteiger partial charge in [-0.1, -0.05) is 27.7 Å². The maximum atomic E-state index is 12.9. The molecular weight excluding hydrogens is 252 g/mol. The summed E-state index contributed by atoms with van der Waals surface area (Å²) >= 11 is 0. The zero-order chi connectivity index (χ0) is 14.9. The molecule has 2 rings (SSSR count). The lowest BCUT2D eigenvalue weighted by Gasteiger charge is -2.46. The van der Waals surface area contributed by atoms with E-state index in [0.717, 1.165) is 25.2 Å². The lowest BCUT2D eigenvalue weighted by molar-refractivity contribution is -0.154. The molecule has 2 amide bonds. The molecule has 4 heteroatoms. The van der Waals surface area contributed by atoms with Crippen molar-refractivity contribution < 1.29 is 9.59 Å². The zero-order valence-electron chi connectivity index (χ0n) is 13.2. The molecule has 0 radical (unpaired) electrons. The Hall–Kier alpha value is -1.06. The summed E-state index contributed by atoms with van der Waals surface area (Å²) in [6, 6.07) is 0.247. The number of piperazine rings is 1. The summed E-state index contributed by atoms with van der Waals surface area (Å²) in [5.41, 5.74) is -0.665. The summed E-state index contributed by atoms with van der Waals surface area (Å²) in [5.74, 6) is 1.49. The zero-order valence-corrected chi connectivity index (χ0v) is 13.2. The first kappa shape index (κ1) is 15.3. The van der Waals surface area contributed by atoms with E-state index in [1.807, 2.05) is 18.7 Å². The van der Waals surface area contributed by atoms with Crippen LogP contribution in [0.5, 0.6) is 0 Å². The van der Waals surface area contributed by atoms with E-state index in [1.54, 1.807) is 0 Å². The number of hydrogen-bond donors (Lipinski definition) is 1. The van der Waals surface area contributed by atoms with Crippen molar-refractivity contribution in [2.24, 2.45) is 11.8 Å². The molecule has 1 N–H and O–H groups in total. The standard InChI is InChI=1S/C16H28N2O2/c1-5-16(6-2)15(20)18(10-14(19)17-16)13-8-7-11(3)12(4)9-13/h11-13H,5-10H2,1-4H3,(H,17,19). The van der Waals surface area contributed by atoms with Gasteiger partial charge in [-0.05, 0) is 43.9 Å². The average Bonchev–Trinajstić information content (AvgIpc) is 2.44. The minimum atomic E-state index is -0.665. The van der Waals surface area contributed by atoms with Crippen LogP contribution in [0.3, 0.4) is 0 Å². The van der Waals surface area contributed by atoms with Gasteiger partial charge in [0.1, 0.15) is 5.54 Å². The number of amides is 2. The van der Waals surface area contributed by atoms with Crippen LogP contribution < -0.4 is 5.32 Å². The van der Waals surface area contributed by atoms with Crippen LogP contribution in [0.25, 0.3) is 0 Å². The highest BCUT2D eigenvalue weighted by atomic mass is 16.2. The molecule has 3 atom stereocenters. The van der Waals surface area contributed by atoms with E-state index in [-0.39, 0.29) is 24.4 Å². The van der Waals surface area contributed by atoms with Gasteiger partial charge in [0.15, 0.2) is 0 Å². The van der Waals surface area contributed by atoms with Gasteiger partial charge in [0.05, 0.1) is 6.54 Å². The van der Waals surface area contributed by atoms with Crippen LogP contribution in [-0.4, -0.2) is 34.8 Å². The summed E-state index contributed by atoms with van der Waals surface area (Å²) in [4.78, 5) is 26.8. The van der Waals surface area contributed by atoms with Crippen LogP contribution >= 0.6 is 0 Å². The Morgan fingerprint density at radius 1 is 1.15 bits per heavy atom. The molecule has 2 fully saturated rings. The molecule has 0 aromatic heterocycles. The molecule has 0 aromatic rings. The lowest BCUT2D eigenvalue weighted by atomic mass is 9.77. The molecule has 3 unspecified atom stereocenters. The average molecular weight is 280 g/mol. The molecule has 0 aromatic carbocycles. The van der Waals surface area contributed by atoms with E-state index in [9.17, 15) is 9.59 Å². The number of rotatable bonds is 3. The van der Waals surface area contributed by atoms with E-state index in [2.05, 4.69) is 19.2 Å². The smallest absolute Gasteiger partial charge is 0.249 e. The Balaban J connectivity index is 2.18. The summed E-state index contributed by atoms with van der Waals surface area (Å²) in [6.45, 7) is 8.76. The molecule has 4 nitrogen and oxygen atoms in total. The maximum absolute atomic E-state index is 12.9. The van der Waals surface area contributed by atoms with Crippen LogP contribution in [-0.2, 0) is 9.59 Å². The molecule has 1 saturated heterocycles. The van der Waals surface area contributed by atoms with Gasteiger partial charge in [-0.25, -0.2) is 0 Å². The molecule has 1 aliphatic heterocycles. The third kappa shape index (κ3) is 2.57. The van der Waals surface area contributed by atoms with Gasteiger partial charge in [0.25, 0.3) is 0 Å². The van der Waals surface area contributed by atoms with Gasteiger partial charge in [0.2, 0.25) is 11.8 Å². The van der Waals surface area contributed by atoms with Crippen molar-refractivity contribution in [3.63, 3.8) is 0 Å². The molecule has 0 spiro atoms. The van der Waals surface area contributed by atoms with E-state index in [0.29, 0.717) is 18.8 Å². The topological polar surface area (TPSA) is 49.4 Å². The number of nitrogens with one attached hydrogen (secondary N) is 1. The Bertz CT molecular complexity index is 390. The van der Waals surface area contributed by atoms with E-state index >= 15 is 0 Å². The van der Waals surface area contributed by atoms with Crippen molar-refractivity contribution in [3.05, 3.63) is 0 Å². The molecular formula is C16H28N2O2. The Morgan fingerprint density at radius 3 is 2.35 bits per heavy atom. The second kappa shape index (κ2) is 5.74. The van der Waals surface area contributed by atoms with Gasteiger partial charge in [0, 0.05) is 6.04 Å². The van der Waals surface area contributed by atoms with Crippen molar-refractivity contribution in [1.29, 1.82) is 0 Å². The van der Waals surface area contributed by atoms with Gasteiger partial charge >= 0.3 is 0 Å². The van der Waals surface area contributed by atoms with E-state index in [1.165, 1.54) is 0 Å². The SMILES string of the molecule is CCC1(CC)NC(=O)CN(C2CCC(C)C(C)C2)C1=O. The Morgan fingerprint density at radius 2 is 1.80 bits per heavy atom. The van der Waals surface area contributed by atoms with Crippen molar-refractivity contribution in [3.8, 4) is 0 Å². The molecule has 114 valence electrons. The highest BCUT2D eigenvalue weighted by Crippen LogP contribution is 2.34. The van der Waals surface area contributed by atoms with Crippen molar-refractivity contribution >= 4 is 11.8 Å². The summed E-state index contributed by atoms with van der Waals surface area (Å²) in [6.07, 6.45) is 4.56. The summed E-state index contributed by atoms with van der Waals surface area (Å²) in [7, 11) is 0. The number of carbonyl (C=O) groups is 2. The van der Waals surface area contributed by atoms with Crippen molar-refractivity contribution in [2.75, 3.05) is 6.54 Å². The summed E-state index contributed by atoms with van der Waals surface area (Å²) < 4.78 is 0. The van der Waals surface area contributed by atoms with Gasteiger partial charge in [-0.2, -0.15) is 0 Å². The summed E-state index contributed by atoms with van der Waals surface area (Å²) in [5, 5.41) is 2.94. The van der Waals surface area contributed by atoms with Crippen molar-refractivity contribution in [1.82, 2.24) is 10.2 Å². The molecule has 2 aliphatic rings. The van der Waals surface area contributed by atoms with Crippen LogP contribution in [0.1, 0.15) is 59.8 Å². The second-order valence-corrected chi connectivity index (χ2v) is 6.69. The molecule has 0 bridgehead atoms. The molecule has 1 aliphatic carbocycles. The highest BCUT2D eigenvalue weighted by Gasteiger charge is 2.46. The number of hydrogen-bond acceptors (Lipinski definition) is 2.